The minimum absolute atomic E-state index is 0.125. The van der Waals surface area contributed by atoms with Crippen molar-refractivity contribution in [1.82, 2.24) is 0 Å². The van der Waals surface area contributed by atoms with Crippen molar-refractivity contribution in [2.24, 2.45) is 0 Å². The maximum atomic E-state index is 14.2. The molecule has 0 amide bonds. The fourth-order valence-electron chi connectivity index (χ4n) is 2.90. The first-order valence-corrected chi connectivity index (χ1v) is 7.44. The van der Waals surface area contributed by atoms with Crippen molar-refractivity contribution in [2.45, 2.75) is 6.61 Å². The lowest BCUT2D eigenvalue weighted by Crippen LogP contribution is -2.06. The van der Waals surface area contributed by atoms with Crippen LogP contribution in [0.1, 0.15) is 5.56 Å². The van der Waals surface area contributed by atoms with Gasteiger partial charge in [-0.2, -0.15) is 0 Å². The van der Waals surface area contributed by atoms with Gasteiger partial charge >= 0.3 is 0 Å². The van der Waals surface area contributed by atoms with E-state index in [1.165, 1.54) is 12.1 Å². The van der Waals surface area contributed by atoms with E-state index in [9.17, 15) is 14.6 Å². The van der Waals surface area contributed by atoms with E-state index in [1.807, 2.05) is 0 Å². The molecule has 0 bridgehead atoms. The molecule has 0 atom stereocenters. The average Bonchev–Trinajstić information content (AvgIpc) is 2.49. The molecule has 5 heteroatoms. The predicted molar refractivity (Wildman–Crippen MR) is 84.7 cm³/mol. The summed E-state index contributed by atoms with van der Waals surface area (Å²) in [5.41, 5.74) is 2.34. The normalized spacial score (nSPS) is 12.6. The van der Waals surface area contributed by atoms with Gasteiger partial charge in [-0.3, -0.25) is 0 Å². The zero-order valence-corrected chi connectivity index (χ0v) is 12.8. The molecule has 3 aromatic rings. The van der Waals surface area contributed by atoms with Gasteiger partial charge in [0.1, 0.15) is 29.7 Å². The molecule has 3 aromatic carbocycles. The SMILES string of the molecule is Oc1ccc2c(c1)-c1c(cc(O)c3c(F)ccc(Br)c13)OC2. The molecule has 0 fully saturated rings. The third-order valence-corrected chi connectivity index (χ3v) is 4.53. The molecule has 0 unspecified atom stereocenters. The second-order valence-electron chi connectivity index (χ2n) is 5.18. The van der Waals surface area contributed by atoms with E-state index < -0.39 is 5.82 Å². The third-order valence-electron chi connectivity index (χ3n) is 3.87. The fraction of sp³-hybridized carbons (Fsp3) is 0.0588. The number of phenolic OH excluding ortho intramolecular Hbond substituents is 2. The van der Waals surface area contributed by atoms with E-state index in [4.69, 9.17) is 4.74 Å². The summed E-state index contributed by atoms with van der Waals surface area (Å²) < 4.78 is 20.5. The van der Waals surface area contributed by atoms with E-state index in [0.29, 0.717) is 27.8 Å². The Balaban J connectivity index is 2.22. The van der Waals surface area contributed by atoms with Crippen LogP contribution in [0.4, 0.5) is 4.39 Å². The van der Waals surface area contributed by atoms with Gasteiger partial charge in [0.2, 0.25) is 0 Å². The third kappa shape index (κ3) is 1.78. The van der Waals surface area contributed by atoms with Gasteiger partial charge < -0.3 is 14.9 Å². The number of hydrogen-bond acceptors (Lipinski definition) is 3. The quantitative estimate of drug-likeness (QED) is 0.610. The van der Waals surface area contributed by atoms with Gasteiger partial charge in [0.15, 0.2) is 0 Å². The number of halogens is 2. The van der Waals surface area contributed by atoms with Gasteiger partial charge in [-0.1, -0.05) is 22.0 Å². The molecule has 0 spiro atoms. The topological polar surface area (TPSA) is 49.7 Å². The molecule has 110 valence electrons. The first kappa shape index (κ1) is 13.4. The van der Waals surface area contributed by atoms with Crippen molar-refractivity contribution in [3.05, 3.63) is 52.3 Å². The first-order valence-electron chi connectivity index (χ1n) is 6.65. The summed E-state index contributed by atoms with van der Waals surface area (Å²) in [6, 6.07) is 9.30. The van der Waals surface area contributed by atoms with Gasteiger partial charge in [-0.05, 0) is 35.4 Å². The van der Waals surface area contributed by atoms with E-state index in [2.05, 4.69) is 15.9 Å². The number of fused-ring (bicyclic) bond motifs is 5. The first-order chi connectivity index (χ1) is 10.6. The van der Waals surface area contributed by atoms with E-state index in [1.54, 1.807) is 24.3 Å². The van der Waals surface area contributed by atoms with E-state index in [-0.39, 0.29) is 16.9 Å². The lowest BCUT2D eigenvalue weighted by Gasteiger charge is -2.23. The number of hydrogen-bond donors (Lipinski definition) is 2. The summed E-state index contributed by atoms with van der Waals surface area (Å²) >= 11 is 3.42. The van der Waals surface area contributed by atoms with Crippen LogP contribution in [0.15, 0.2) is 40.9 Å². The van der Waals surface area contributed by atoms with Gasteiger partial charge in [0, 0.05) is 21.5 Å². The van der Waals surface area contributed by atoms with Gasteiger partial charge in [-0.25, -0.2) is 4.39 Å². The summed E-state index contributed by atoms with van der Waals surface area (Å²) in [4.78, 5) is 0. The monoisotopic (exact) mass is 360 g/mol. The number of rotatable bonds is 0. The van der Waals surface area contributed by atoms with Crippen LogP contribution in [0.3, 0.4) is 0 Å². The zero-order chi connectivity index (χ0) is 15.4. The van der Waals surface area contributed by atoms with Crippen LogP contribution in [0.25, 0.3) is 21.9 Å². The van der Waals surface area contributed by atoms with Crippen molar-refractivity contribution in [1.29, 1.82) is 0 Å². The Morgan fingerprint density at radius 3 is 2.68 bits per heavy atom. The molecule has 1 heterocycles. The highest BCUT2D eigenvalue weighted by Crippen LogP contribution is 2.49. The van der Waals surface area contributed by atoms with Crippen LogP contribution in [0.2, 0.25) is 0 Å². The average molecular weight is 361 g/mol. The Kier molecular flexibility index (Phi) is 2.81. The summed E-state index contributed by atoms with van der Waals surface area (Å²) in [5.74, 6) is -0.0864. The summed E-state index contributed by atoms with van der Waals surface area (Å²) in [6.45, 7) is 0.334. The van der Waals surface area contributed by atoms with Crippen molar-refractivity contribution >= 4 is 26.7 Å². The van der Waals surface area contributed by atoms with Crippen molar-refractivity contribution in [3.8, 4) is 28.4 Å². The van der Waals surface area contributed by atoms with Gasteiger partial charge in [0.05, 0.1) is 5.39 Å². The van der Waals surface area contributed by atoms with Gasteiger partial charge in [-0.15, -0.1) is 0 Å². The smallest absolute Gasteiger partial charge is 0.134 e. The number of phenols is 2. The predicted octanol–water partition coefficient (Wildman–Crippen LogP) is 4.71. The molecule has 2 N–H and O–H groups in total. The summed E-state index contributed by atoms with van der Waals surface area (Å²) in [6.07, 6.45) is 0. The minimum Gasteiger partial charge on any atom is -0.508 e. The molecule has 1 aliphatic rings. The van der Waals surface area contributed by atoms with Crippen LogP contribution in [-0.2, 0) is 6.61 Å². The highest BCUT2D eigenvalue weighted by Gasteiger charge is 2.24. The Morgan fingerprint density at radius 2 is 1.86 bits per heavy atom. The molecule has 22 heavy (non-hydrogen) atoms. The van der Waals surface area contributed by atoms with Crippen LogP contribution in [0, 0.1) is 5.82 Å². The lowest BCUT2D eigenvalue weighted by atomic mass is 9.91. The molecule has 0 saturated carbocycles. The van der Waals surface area contributed by atoms with Crippen LogP contribution >= 0.6 is 15.9 Å². The summed E-state index contributed by atoms with van der Waals surface area (Å²) in [7, 11) is 0. The van der Waals surface area contributed by atoms with E-state index >= 15 is 0 Å². The van der Waals surface area contributed by atoms with Crippen molar-refractivity contribution in [2.75, 3.05) is 0 Å². The molecule has 3 nitrogen and oxygen atoms in total. The molecule has 0 saturated heterocycles. The zero-order valence-electron chi connectivity index (χ0n) is 11.2. The fourth-order valence-corrected chi connectivity index (χ4v) is 3.43. The van der Waals surface area contributed by atoms with Crippen LogP contribution in [0.5, 0.6) is 17.2 Å². The molecule has 0 aliphatic carbocycles. The molecular formula is C17H10BrFO3. The Labute approximate surface area is 133 Å². The Hall–Kier alpha value is -2.27. The molecule has 4 rings (SSSR count). The number of ether oxygens (including phenoxy) is 1. The Bertz CT molecular complexity index is 937. The minimum atomic E-state index is -0.509. The second kappa shape index (κ2) is 4.61. The van der Waals surface area contributed by atoms with Crippen molar-refractivity contribution in [3.63, 3.8) is 0 Å². The van der Waals surface area contributed by atoms with E-state index in [0.717, 1.165) is 11.1 Å². The Morgan fingerprint density at radius 1 is 1.05 bits per heavy atom. The second-order valence-corrected chi connectivity index (χ2v) is 6.03. The van der Waals surface area contributed by atoms with Gasteiger partial charge in [0.25, 0.3) is 0 Å². The maximum Gasteiger partial charge on any atom is 0.134 e. The van der Waals surface area contributed by atoms with Crippen LogP contribution < -0.4 is 4.74 Å². The maximum absolute atomic E-state index is 14.2. The lowest BCUT2D eigenvalue weighted by molar-refractivity contribution is 0.301. The highest BCUT2D eigenvalue weighted by molar-refractivity contribution is 9.10. The molecule has 0 radical (unpaired) electrons. The summed E-state index contributed by atoms with van der Waals surface area (Å²) in [5, 5.41) is 20.6. The standard InChI is InChI=1S/C17H10BrFO3/c18-11-3-4-12(19)17-13(21)6-14-15(16(11)17)10-5-9(20)2-1-8(10)7-22-14/h1-6,20-21H,7H2. The molecule has 1 aliphatic heterocycles. The highest BCUT2D eigenvalue weighted by atomic mass is 79.9. The van der Waals surface area contributed by atoms with Crippen LogP contribution in [-0.4, -0.2) is 10.2 Å². The van der Waals surface area contributed by atoms with Crippen molar-refractivity contribution < 1.29 is 19.3 Å². The number of aromatic hydroxyl groups is 2. The molecule has 0 aromatic heterocycles. The largest absolute Gasteiger partial charge is 0.508 e. The molecular weight excluding hydrogens is 351 g/mol. The number of benzene rings is 3.